The van der Waals surface area contributed by atoms with Crippen LogP contribution in [0.25, 0.3) is 11.2 Å². The Labute approximate surface area is 143 Å². The summed E-state index contributed by atoms with van der Waals surface area (Å²) in [6, 6.07) is 7.51. The molecule has 2 aromatic heterocycles. The highest BCUT2D eigenvalue weighted by molar-refractivity contribution is 6.30. The second kappa shape index (κ2) is 6.28. The predicted molar refractivity (Wildman–Crippen MR) is 94.9 cm³/mol. The van der Waals surface area contributed by atoms with Crippen molar-refractivity contribution in [2.24, 2.45) is 0 Å². The number of hydrogen-bond acceptors (Lipinski definition) is 3. The van der Waals surface area contributed by atoms with E-state index in [1.165, 1.54) is 0 Å². The van der Waals surface area contributed by atoms with E-state index in [1.54, 1.807) is 4.57 Å². The molecule has 1 aromatic carbocycles. The van der Waals surface area contributed by atoms with E-state index in [1.807, 2.05) is 49.6 Å². The number of halogens is 1. The summed E-state index contributed by atoms with van der Waals surface area (Å²) in [5.74, 6) is 0.891. The Morgan fingerprint density at radius 2 is 1.83 bits per heavy atom. The molecule has 0 aliphatic heterocycles. The SMILES string of the molecule is CCn1c(=O)[nH]c(=O)c2nc(C(C)C)n(Cc3ccc(Cl)cc3)c21. The lowest BCUT2D eigenvalue weighted by molar-refractivity contribution is 0.646. The second-order valence-electron chi connectivity index (χ2n) is 6.01. The Morgan fingerprint density at radius 1 is 1.17 bits per heavy atom. The van der Waals surface area contributed by atoms with Gasteiger partial charge in [0.2, 0.25) is 0 Å². The van der Waals surface area contributed by atoms with Crippen LogP contribution in [0.1, 0.15) is 38.1 Å². The number of fused-ring (bicyclic) bond motifs is 1. The number of rotatable bonds is 4. The summed E-state index contributed by atoms with van der Waals surface area (Å²) >= 11 is 5.95. The zero-order valence-corrected chi connectivity index (χ0v) is 14.6. The molecular weight excluding hydrogens is 328 g/mol. The summed E-state index contributed by atoms with van der Waals surface area (Å²) in [7, 11) is 0. The summed E-state index contributed by atoms with van der Waals surface area (Å²) in [5, 5.41) is 0.667. The van der Waals surface area contributed by atoms with Gasteiger partial charge >= 0.3 is 5.69 Å². The number of nitrogens with one attached hydrogen (secondary N) is 1. The molecule has 0 aliphatic rings. The fourth-order valence-electron chi connectivity index (χ4n) is 2.87. The van der Waals surface area contributed by atoms with Crippen molar-refractivity contribution in [2.45, 2.75) is 39.8 Å². The van der Waals surface area contributed by atoms with E-state index in [-0.39, 0.29) is 5.92 Å². The molecule has 0 saturated carbocycles. The molecule has 2 heterocycles. The molecule has 1 N–H and O–H groups in total. The topological polar surface area (TPSA) is 72.7 Å². The molecule has 0 fully saturated rings. The standard InChI is InChI=1S/C17H19ClN4O2/c1-4-21-16-13(15(23)20-17(21)24)19-14(10(2)3)22(16)9-11-5-7-12(18)8-6-11/h5-8,10H,4,9H2,1-3H3,(H,20,23,24). The lowest BCUT2D eigenvalue weighted by atomic mass is 10.2. The van der Waals surface area contributed by atoms with Gasteiger partial charge in [-0.25, -0.2) is 9.78 Å². The molecule has 0 radical (unpaired) electrons. The molecule has 0 unspecified atom stereocenters. The van der Waals surface area contributed by atoms with E-state index in [0.717, 1.165) is 11.4 Å². The van der Waals surface area contributed by atoms with E-state index in [9.17, 15) is 9.59 Å². The van der Waals surface area contributed by atoms with Crippen LogP contribution >= 0.6 is 11.6 Å². The van der Waals surface area contributed by atoms with Crippen LogP contribution in [-0.4, -0.2) is 19.1 Å². The Hall–Kier alpha value is -2.34. The van der Waals surface area contributed by atoms with E-state index in [4.69, 9.17) is 11.6 Å². The van der Waals surface area contributed by atoms with Gasteiger partial charge in [0.15, 0.2) is 11.2 Å². The number of H-pyrrole nitrogens is 1. The van der Waals surface area contributed by atoms with Crippen molar-refractivity contribution in [3.63, 3.8) is 0 Å². The summed E-state index contributed by atoms with van der Waals surface area (Å²) in [6.07, 6.45) is 0. The molecule has 24 heavy (non-hydrogen) atoms. The van der Waals surface area contributed by atoms with Crippen LogP contribution in [0.2, 0.25) is 5.02 Å². The summed E-state index contributed by atoms with van der Waals surface area (Å²) < 4.78 is 3.49. The number of benzene rings is 1. The van der Waals surface area contributed by atoms with Crippen molar-refractivity contribution in [2.75, 3.05) is 0 Å². The monoisotopic (exact) mass is 346 g/mol. The minimum atomic E-state index is -0.448. The molecule has 0 atom stereocenters. The second-order valence-corrected chi connectivity index (χ2v) is 6.45. The normalized spacial score (nSPS) is 11.5. The number of imidazole rings is 1. The minimum absolute atomic E-state index is 0.115. The molecule has 6 nitrogen and oxygen atoms in total. The van der Waals surface area contributed by atoms with Gasteiger partial charge in [0, 0.05) is 17.5 Å². The lowest BCUT2D eigenvalue weighted by Crippen LogP contribution is -2.30. The average molecular weight is 347 g/mol. The first-order chi connectivity index (χ1) is 11.4. The Bertz CT molecular complexity index is 996. The maximum absolute atomic E-state index is 12.2. The maximum Gasteiger partial charge on any atom is 0.330 e. The molecule has 3 rings (SSSR count). The average Bonchev–Trinajstić information content (AvgIpc) is 2.90. The zero-order valence-electron chi connectivity index (χ0n) is 13.8. The van der Waals surface area contributed by atoms with E-state index in [0.29, 0.717) is 29.3 Å². The highest BCUT2D eigenvalue weighted by Gasteiger charge is 2.19. The van der Waals surface area contributed by atoms with Crippen LogP contribution in [0.4, 0.5) is 0 Å². The van der Waals surface area contributed by atoms with E-state index in [2.05, 4.69) is 9.97 Å². The summed E-state index contributed by atoms with van der Waals surface area (Å²) in [4.78, 5) is 31.2. The zero-order chi connectivity index (χ0) is 17.4. The highest BCUT2D eigenvalue weighted by Crippen LogP contribution is 2.21. The number of aromatic amines is 1. The fourth-order valence-corrected chi connectivity index (χ4v) is 3.00. The van der Waals surface area contributed by atoms with Crippen LogP contribution in [0.15, 0.2) is 33.9 Å². The van der Waals surface area contributed by atoms with Crippen molar-refractivity contribution >= 4 is 22.8 Å². The predicted octanol–water partition coefficient (Wildman–Crippen LogP) is 2.73. The Balaban J connectivity index is 2.31. The van der Waals surface area contributed by atoms with Crippen molar-refractivity contribution in [3.8, 4) is 0 Å². The van der Waals surface area contributed by atoms with Crippen molar-refractivity contribution in [1.29, 1.82) is 0 Å². The third-order valence-electron chi connectivity index (χ3n) is 3.99. The number of hydrogen-bond donors (Lipinski definition) is 1. The molecule has 3 aromatic rings. The first kappa shape index (κ1) is 16.5. The largest absolute Gasteiger partial charge is 0.330 e. The lowest BCUT2D eigenvalue weighted by Gasteiger charge is -2.13. The molecule has 0 amide bonds. The molecule has 0 bridgehead atoms. The van der Waals surface area contributed by atoms with Gasteiger partial charge in [0.05, 0.1) is 6.54 Å². The summed E-state index contributed by atoms with van der Waals surface area (Å²) in [6.45, 7) is 6.87. The Morgan fingerprint density at radius 3 is 2.42 bits per heavy atom. The molecule has 0 spiro atoms. The molecule has 0 aliphatic carbocycles. The molecule has 126 valence electrons. The van der Waals surface area contributed by atoms with Crippen LogP contribution in [0, 0.1) is 0 Å². The van der Waals surface area contributed by atoms with E-state index < -0.39 is 11.2 Å². The van der Waals surface area contributed by atoms with Crippen molar-refractivity contribution in [3.05, 3.63) is 61.5 Å². The first-order valence-corrected chi connectivity index (χ1v) is 8.27. The van der Waals surface area contributed by atoms with Gasteiger partial charge in [-0.1, -0.05) is 37.6 Å². The third kappa shape index (κ3) is 2.78. The quantitative estimate of drug-likeness (QED) is 0.789. The van der Waals surface area contributed by atoms with Gasteiger partial charge in [-0.05, 0) is 24.6 Å². The Kier molecular flexibility index (Phi) is 4.32. The number of nitrogens with zero attached hydrogens (tertiary/aromatic N) is 3. The van der Waals surface area contributed by atoms with Gasteiger partial charge < -0.3 is 4.57 Å². The maximum atomic E-state index is 12.2. The molecular formula is C17H19ClN4O2. The van der Waals surface area contributed by atoms with Gasteiger partial charge in [-0.15, -0.1) is 0 Å². The van der Waals surface area contributed by atoms with Gasteiger partial charge in [-0.2, -0.15) is 0 Å². The number of aromatic nitrogens is 4. The molecule has 0 saturated heterocycles. The van der Waals surface area contributed by atoms with Crippen LogP contribution in [0.3, 0.4) is 0 Å². The van der Waals surface area contributed by atoms with Gasteiger partial charge in [0.25, 0.3) is 5.56 Å². The van der Waals surface area contributed by atoms with Gasteiger partial charge in [0.1, 0.15) is 5.82 Å². The minimum Gasteiger partial charge on any atom is -0.309 e. The number of aryl methyl sites for hydroxylation is 1. The third-order valence-corrected chi connectivity index (χ3v) is 4.25. The first-order valence-electron chi connectivity index (χ1n) is 7.90. The van der Waals surface area contributed by atoms with Gasteiger partial charge in [-0.3, -0.25) is 14.3 Å². The van der Waals surface area contributed by atoms with Crippen molar-refractivity contribution in [1.82, 2.24) is 19.1 Å². The van der Waals surface area contributed by atoms with Crippen molar-refractivity contribution < 1.29 is 0 Å². The smallest absolute Gasteiger partial charge is 0.309 e. The van der Waals surface area contributed by atoms with Crippen LogP contribution in [-0.2, 0) is 13.1 Å². The molecule has 7 heteroatoms. The van der Waals surface area contributed by atoms with E-state index >= 15 is 0 Å². The van der Waals surface area contributed by atoms with Crippen LogP contribution < -0.4 is 11.2 Å². The fraction of sp³-hybridized carbons (Fsp3) is 0.353. The summed E-state index contributed by atoms with van der Waals surface area (Å²) in [5.41, 5.74) is 1.02. The highest BCUT2D eigenvalue weighted by atomic mass is 35.5. The van der Waals surface area contributed by atoms with Crippen LogP contribution in [0.5, 0.6) is 0 Å².